The van der Waals surface area contributed by atoms with Crippen LogP contribution in [0.25, 0.3) is 34.0 Å². The van der Waals surface area contributed by atoms with Crippen molar-refractivity contribution in [3.63, 3.8) is 0 Å². The summed E-state index contributed by atoms with van der Waals surface area (Å²) in [6.45, 7) is 5.17. The lowest BCUT2D eigenvalue weighted by Gasteiger charge is -2.13. The van der Waals surface area contributed by atoms with Crippen molar-refractivity contribution in [3.05, 3.63) is 59.3 Å². The van der Waals surface area contributed by atoms with Gasteiger partial charge in [-0.2, -0.15) is 9.40 Å². The normalized spacial score (nSPS) is 15.6. The van der Waals surface area contributed by atoms with Gasteiger partial charge in [-0.15, -0.1) is 0 Å². The van der Waals surface area contributed by atoms with Gasteiger partial charge in [0.25, 0.3) is 0 Å². The number of aromatic amines is 1. The molecule has 0 amide bonds. The minimum atomic E-state index is -3.25. The fourth-order valence-corrected chi connectivity index (χ4v) is 5.82. The summed E-state index contributed by atoms with van der Waals surface area (Å²) < 4.78 is 28.0. The third kappa shape index (κ3) is 3.45. The molecule has 0 aromatic carbocycles. The zero-order valence-electron chi connectivity index (χ0n) is 19.1. The first-order chi connectivity index (χ1) is 16.4. The number of sulfonamides is 1. The van der Waals surface area contributed by atoms with Gasteiger partial charge in [0.15, 0.2) is 5.82 Å². The number of rotatable bonds is 5. The van der Waals surface area contributed by atoms with Crippen molar-refractivity contribution in [2.75, 3.05) is 5.75 Å². The Morgan fingerprint density at radius 3 is 2.79 bits per heavy atom. The van der Waals surface area contributed by atoms with Crippen LogP contribution in [0.15, 0.2) is 36.5 Å². The Bertz CT molecular complexity index is 1500. The largest absolute Gasteiger partial charge is 0.339 e. The minimum absolute atomic E-state index is 0.0852. The molecule has 2 aliphatic heterocycles. The standard InChI is InChI=1S/C24H25N7O2S/c1-3-34(32,33)30-13-19-20(14-30)28-24(27-19)18-12-16(9-10-25-18)22-21-8-5-11-31(21)29-23(22)17-7-4-6-15(2)26-17/h4,6-7,9-10,12H,3,5,8,11,13-14H2,1-2H3,(H,27,28). The van der Waals surface area contributed by atoms with Crippen LogP contribution in [0, 0.1) is 6.92 Å². The summed E-state index contributed by atoms with van der Waals surface area (Å²) >= 11 is 0. The Hall–Kier alpha value is -3.37. The first-order valence-corrected chi connectivity index (χ1v) is 13.1. The molecule has 174 valence electrons. The van der Waals surface area contributed by atoms with E-state index in [-0.39, 0.29) is 5.75 Å². The summed E-state index contributed by atoms with van der Waals surface area (Å²) in [6, 6.07) is 10.0. The molecule has 4 aromatic heterocycles. The zero-order chi connectivity index (χ0) is 23.4. The summed E-state index contributed by atoms with van der Waals surface area (Å²) in [4.78, 5) is 17.3. The highest BCUT2D eigenvalue weighted by molar-refractivity contribution is 7.89. The van der Waals surface area contributed by atoms with Crippen molar-refractivity contribution >= 4 is 10.0 Å². The summed E-state index contributed by atoms with van der Waals surface area (Å²) in [5.41, 5.74) is 8.36. The van der Waals surface area contributed by atoms with Gasteiger partial charge < -0.3 is 4.98 Å². The number of imidazole rings is 1. The fourth-order valence-electron chi connectivity index (χ4n) is 4.81. The maximum atomic E-state index is 12.2. The molecule has 0 fully saturated rings. The second-order valence-electron chi connectivity index (χ2n) is 8.77. The molecule has 0 spiro atoms. The van der Waals surface area contributed by atoms with Crippen molar-refractivity contribution in [2.24, 2.45) is 0 Å². The van der Waals surface area contributed by atoms with Gasteiger partial charge in [-0.1, -0.05) is 6.07 Å². The molecule has 6 heterocycles. The molecular weight excluding hydrogens is 450 g/mol. The highest BCUT2D eigenvalue weighted by Gasteiger charge is 2.31. The lowest BCUT2D eigenvalue weighted by molar-refractivity contribution is 0.427. The number of hydrogen-bond acceptors (Lipinski definition) is 6. The molecule has 0 unspecified atom stereocenters. The van der Waals surface area contributed by atoms with Gasteiger partial charge in [0.2, 0.25) is 10.0 Å². The molecule has 2 aliphatic rings. The fraction of sp³-hybridized carbons (Fsp3) is 0.333. The van der Waals surface area contributed by atoms with E-state index in [9.17, 15) is 8.42 Å². The monoisotopic (exact) mass is 475 g/mol. The number of hydrogen-bond donors (Lipinski definition) is 1. The Kier molecular flexibility index (Phi) is 4.89. The van der Waals surface area contributed by atoms with Crippen LogP contribution in [-0.2, 0) is 36.1 Å². The highest BCUT2D eigenvalue weighted by atomic mass is 32.2. The SMILES string of the molecule is CCS(=O)(=O)N1Cc2nc(-c3cc(-c4c(-c5cccc(C)n5)nn5c4CCC5)ccn3)[nH]c2C1. The number of H-pyrrole nitrogens is 1. The predicted molar refractivity (Wildman–Crippen MR) is 128 cm³/mol. The molecule has 0 atom stereocenters. The van der Waals surface area contributed by atoms with E-state index in [1.54, 1.807) is 13.1 Å². The Morgan fingerprint density at radius 1 is 1.12 bits per heavy atom. The third-order valence-electron chi connectivity index (χ3n) is 6.55. The molecule has 4 aromatic rings. The molecule has 0 saturated carbocycles. The molecule has 0 bridgehead atoms. The van der Waals surface area contributed by atoms with E-state index >= 15 is 0 Å². The molecule has 1 N–H and O–H groups in total. The van der Waals surface area contributed by atoms with E-state index in [0.29, 0.717) is 18.9 Å². The molecule has 34 heavy (non-hydrogen) atoms. The van der Waals surface area contributed by atoms with Gasteiger partial charge in [-0.25, -0.2) is 13.4 Å². The average molecular weight is 476 g/mol. The molecule has 0 radical (unpaired) electrons. The summed E-state index contributed by atoms with van der Waals surface area (Å²) in [5, 5.41) is 4.91. The number of fused-ring (bicyclic) bond motifs is 2. The van der Waals surface area contributed by atoms with Gasteiger partial charge in [0, 0.05) is 29.7 Å². The smallest absolute Gasteiger partial charge is 0.214 e. The van der Waals surface area contributed by atoms with Crippen molar-refractivity contribution in [1.29, 1.82) is 0 Å². The Balaban J connectivity index is 1.39. The first-order valence-electron chi connectivity index (χ1n) is 11.5. The Morgan fingerprint density at radius 2 is 2.00 bits per heavy atom. The number of nitrogens with one attached hydrogen (secondary N) is 1. The van der Waals surface area contributed by atoms with Crippen LogP contribution < -0.4 is 0 Å². The van der Waals surface area contributed by atoms with Crippen molar-refractivity contribution in [2.45, 2.75) is 46.3 Å². The molecule has 0 aliphatic carbocycles. The summed E-state index contributed by atoms with van der Waals surface area (Å²) in [6.07, 6.45) is 3.85. The second kappa shape index (κ2) is 7.85. The third-order valence-corrected chi connectivity index (χ3v) is 8.32. The average Bonchev–Trinajstić information content (AvgIpc) is 3.58. The molecule has 0 saturated heterocycles. The molecule has 9 nitrogen and oxygen atoms in total. The summed E-state index contributed by atoms with van der Waals surface area (Å²) in [7, 11) is -3.25. The van der Waals surface area contributed by atoms with Crippen LogP contribution in [0.3, 0.4) is 0 Å². The van der Waals surface area contributed by atoms with E-state index in [0.717, 1.165) is 64.7 Å². The van der Waals surface area contributed by atoms with Crippen LogP contribution in [0.2, 0.25) is 0 Å². The van der Waals surface area contributed by atoms with Gasteiger partial charge in [0.05, 0.1) is 35.9 Å². The van der Waals surface area contributed by atoms with Crippen LogP contribution in [0.1, 0.15) is 36.1 Å². The van der Waals surface area contributed by atoms with Crippen LogP contribution in [-0.4, -0.2) is 48.2 Å². The lowest BCUT2D eigenvalue weighted by atomic mass is 10.00. The van der Waals surface area contributed by atoms with Crippen molar-refractivity contribution < 1.29 is 8.42 Å². The van der Waals surface area contributed by atoms with E-state index in [1.807, 2.05) is 37.3 Å². The molecule has 6 rings (SSSR count). The van der Waals surface area contributed by atoms with E-state index in [4.69, 9.17) is 10.1 Å². The molecule has 10 heteroatoms. The van der Waals surface area contributed by atoms with Crippen molar-refractivity contribution in [1.82, 2.24) is 34.0 Å². The van der Waals surface area contributed by atoms with Crippen molar-refractivity contribution in [3.8, 4) is 34.0 Å². The number of nitrogens with zero attached hydrogens (tertiary/aromatic N) is 6. The van der Waals surface area contributed by atoms with E-state index in [2.05, 4.69) is 19.6 Å². The maximum Gasteiger partial charge on any atom is 0.214 e. The highest BCUT2D eigenvalue weighted by Crippen LogP contribution is 2.38. The predicted octanol–water partition coefficient (Wildman–Crippen LogP) is 3.32. The second-order valence-corrected chi connectivity index (χ2v) is 11.0. The van der Waals surface area contributed by atoms with Gasteiger partial charge >= 0.3 is 0 Å². The van der Waals surface area contributed by atoms with Gasteiger partial charge in [0.1, 0.15) is 11.4 Å². The number of aryl methyl sites for hydroxylation is 2. The minimum Gasteiger partial charge on any atom is -0.339 e. The van der Waals surface area contributed by atoms with E-state index < -0.39 is 10.0 Å². The first kappa shape index (κ1) is 21.2. The molecular formula is C24H25N7O2S. The zero-order valence-corrected chi connectivity index (χ0v) is 19.9. The Labute approximate surface area is 198 Å². The number of pyridine rings is 2. The summed E-state index contributed by atoms with van der Waals surface area (Å²) in [5.74, 6) is 0.737. The quantitative estimate of drug-likeness (QED) is 0.474. The van der Waals surface area contributed by atoms with Gasteiger partial charge in [-0.05, 0) is 56.5 Å². The van der Waals surface area contributed by atoms with Crippen LogP contribution >= 0.6 is 0 Å². The topological polar surface area (TPSA) is 110 Å². The van der Waals surface area contributed by atoms with Crippen LogP contribution in [0.4, 0.5) is 0 Å². The number of aromatic nitrogens is 6. The maximum absolute atomic E-state index is 12.2. The van der Waals surface area contributed by atoms with E-state index in [1.165, 1.54) is 10.00 Å². The lowest BCUT2D eigenvalue weighted by Crippen LogP contribution is -2.27. The van der Waals surface area contributed by atoms with Gasteiger partial charge in [-0.3, -0.25) is 14.6 Å². The van der Waals surface area contributed by atoms with Crippen LogP contribution in [0.5, 0.6) is 0 Å².